The van der Waals surface area contributed by atoms with Gasteiger partial charge in [-0.1, -0.05) is 49.0 Å². The minimum absolute atomic E-state index is 0.154. The van der Waals surface area contributed by atoms with Gasteiger partial charge in [-0.05, 0) is 43.2 Å². The van der Waals surface area contributed by atoms with E-state index in [-0.39, 0.29) is 17.2 Å². The molecule has 0 saturated carbocycles. The number of amides is 1. The molecule has 0 spiro atoms. The number of carbonyl (C=O) groups is 1. The number of H-pyrrole nitrogens is 1. The third-order valence-corrected chi connectivity index (χ3v) is 5.17. The van der Waals surface area contributed by atoms with E-state index in [4.69, 9.17) is 4.74 Å². The highest BCUT2D eigenvalue weighted by atomic mass is 32.2. The zero-order valence-corrected chi connectivity index (χ0v) is 17.2. The van der Waals surface area contributed by atoms with Crippen LogP contribution in [-0.4, -0.2) is 21.6 Å². The van der Waals surface area contributed by atoms with Crippen LogP contribution in [0.1, 0.15) is 23.7 Å². The summed E-state index contributed by atoms with van der Waals surface area (Å²) in [5.41, 5.74) is 2.99. The predicted octanol–water partition coefficient (Wildman–Crippen LogP) is 3.95. The van der Waals surface area contributed by atoms with E-state index in [0.29, 0.717) is 29.4 Å². The standard InChI is InChI=1S/C22H23N3O3S/c1-3-19-15(2)21(27)25-22(24-19)29-14-20(26)23-17-9-11-18(12-10-17)28-13-16-7-5-4-6-8-16/h4-12H,3,13-14H2,1-2H3,(H,23,26)(H,24,25,27). The SMILES string of the molecule is CCc1nc(SCC(=O)Nc2ccc(OCc3ccccc3)cc2)[nH]c(=O)c1C. The molecule has 150 valence electrons. The summed E-state index contributed by atoms with van der Waals surface area (Å²) in [6, 6.07) is 17.1. The molecular formula is C22H23N3O3S. The van der Waals surface area contributed by atoms with E-state index in [1.54, 1.807) is 19.1 Å². The van der Waals surface area contributed by atoms with Crippen molar-refractivity contribution in [3.8, 4) is 5.75 Å². The van der Waals surface area contributed by atoms with Crippen molar-refractivity contribution in [2.24, 2.45) is 0 Å². The highest BCUT2D eigenvalue weighted by Crippen LogP contribution is 2.18. The van der Waals surface area contributed by atoms with Gasteiger partial charge in [0.1, 0.15) is 12.4 Å². The lowest BCUT2D eigenvalue weighted by molar-refractivity contribution is -0.113. The van der Waals surface area contributed by atoms with Gasteiger partial charge < -0.3 is 15.0 Å². The molecule has 0 bridgehead atoms. The van der Waals surface area contributed by atoms with Crippen LogP contribution >= 0.6 is 11.8 Å². The van der Waals surface area contributed by atoms with Gasteiger partial charge >= 0.3 is 0 Å². The van der Waals surface area contributed by atoms with Crippen molar-refractivity contribution in [3.63, 3.8) is 0 Å². The number of aryl methyl sites for hydroxylation is 1. The van der Waals surface area contributed by atoms with Crippen molar-refractivity contribution >= 4 is 23.4 Å². The number of aromatic amines is 1. The highest BCUT2D eigenvalue weighted by molar-refractivity contribution is 7.99. The Morgan fingerprint density at radius 3 is 2.55 bits per heavy atom. The maximum Gasteiger partial charge on any atom is 0.254 e. The number of nitrogens with one attached hydrogen (secondary N) is 2. The fourth-order valence-corrected chi connectivity index (χ4v) is 3.35. The normalized spacial score (nSPS) is 10.6. The van der Waals surface area contributed by atoms with Gasteiger partial charge in [0, 0.05) is 11.3 Å². The second-order valence-corrected chi connectivity index (χ2v) is 7.40. The Morgan fingerprint density at radius 1 is 1.14 bits per heavy atom. The van der Waals surface area contributed by atoms with Crippen LogP contribution in [-0.2, 0) is 17.8 Å². The molecule has 0 saturated heterocycles. The average molecular weight is 410 g/mol. The summed E-state index contributed by atoms with van der Waals surface area (Å²) in [4.78, 5) is 31.2. The molecule has 0 aliphatic carbocycles. The quantitative estimate of drug-likeness (QED) is 0.435. The number of aromatic nitrogens is 2. The van der Waals surface area contributed by atoms with E-state index < -0.39 is 0 Å². The van der Waals surface area contributed by atoms with Crippen molar-refractivity contribution in [2.75, 3.05) is 11.1 Å². The van der Waals surface area contributed by atoms with E-state index in [1.165, 1.54) is 11.8 Å². The number of hydrogen-bond acceptors (Lipinski definition) is 5. The number of hydrogen-bond donors (Lipinski definition) is 2. The van der Waals surface area contributed by atoms with Crippen LogP contribution in [0.4, 0.5) is 5.69 Å². The number of carbonyl (C=O) groups excluding carboxylic acids is 1. The smallest absolute Gasteiger partial charge is 0.254 e. The molecule has 2 N–H and O–H groups in total. The fraction of sp³-hybridized carbons (Fsp3) is 0.227. The molecule has 0 aliphatic rings. The molecule has 3 aromatic rings. The maximum atomic E-state index is 12.2. The van der Waals surface area contributed by atoms with Crippen molar-refractivity contribution < 1.29 is 9.53 Å². The molecule has 1 heterocycles. The topological polar surface area (TPSA) is 84.1 Å². The van der Waals surface area contributed by atoms with Crippen LogP contribution in [0.3, 0.4) is 0 Å². The Balaban J connectivity index is 1.50. The summed E-state index contributed by atoms with van der Waals surface area (Å²) >= 11 is 1.21. The second kappa shape index (κ2) is 9.93. The van der Waals surface area contributed by atoms with E-state index in [1.807, 2.05) is 49.4 Å². The molecule has 1 aromatic heterocycles. The Bertz CT molecular complexity index is 1020. The summed E-state index contributed by atoms with van der Waals surface area (Å²) in [6.45, 7) is 4.19. The lowest BCUT2D eigenvalue weighted by Crippen LogP contribution is -2.18. The lowest BCUT2D eigenvalue weighted by Gasteiger charge is -2.09. The lowest BCUT2D eigenvalue weighted by atomic mass is 10.2. The summed E-state index contributed by atoms with van der Waals surface area (Å²) in [5, 5.41) is 3.29. The van der Waals surface area contributed by atoms with Gasteiger partial charge in [0.25, 0.3) is 5.56 Å². The molecular weight excluding hydrogens is 386 g/mol. The molecule has 7 heteroatoms. The molecule has 0 fully saturated rings. The van der Waals surface area contributed by atoms with Gasteiger partial charge in [0.05, 0.1) is 11.4 Å². The number of rotatable bonds is 8. The fourth-order valence-electron chi connectivity index (χ4n) is 2.68. The largest absolute Gasteiger partial charge is 0.489 e. The summed E-state index contributed by atoms with van der Waals surface area (Å²) in [5.74, 6) is 0.713. The summed E-state index contributed by atoms with van der Waals surface area (Å²) in [6.07, 6.45) is 0.675. The Hall–Kier alpha value is -3.06. The van der Waals surface area contributed by atoms with E-state index in [0.717, 1.165) is 17.0 Å². The van der Waals surface area contributed by atoms with E-state index in [9.17, 15) is 9.59 Å². The molecule has 0 radical (unpaired) electrons. The number of ether oxygens (including phenoxy) is 1. The van der Waals surface area contributed by atoms with Crippen LogP contribution in [0.15, 0.2) is 64.5 Å². The number of thioether (sulfide) groups is 1. The van der Waals surface area contributed by atoms with E-state index in [2.05, 4.69) is 15.3 Å². The van der Waals surface area contributed by atoms with Crippen LogP contribution in [0, 0.1) is 6.92 Å². The summed E-state index contributed by atoms with van der Waals surface area (Å²) in [7, 11) is 0. The Labute approximate surface area is 173 Å². The molecule has 2 aromatic carbocycles. The number of benzene rings is 2. The van der Waals surface area contributed by atoms with Crippen molar-refractivity contribution in [3.05, 3.63) is 81.8 Å². The predicted molar refractivity (Wildman–Crippen MR) is 116 cm³/mol. The zero-order chi connectivity index (χ0) is 20.6. The third-order valence-electron chi connectivity index (χ3n) is 4.29. The van der Waals surface area contributed by atoms with Crippen LogP contribution < -0.4 is 15.6 Å². The van der Waals surface area contributed by atoms with Crippen molar-refractivity contribution in [2.45, 2.75) is 32.0 Å². The number of nitrogens with zero attached hydrogens (tertiary/aromatic N) is 1. The summed E-state index contributed by atoms with van der Waals surface area (Å²) < 4.78 is 5.74. The van der Waals surface area contributed by atoms with Crippen LogP contribution in [0.5, 0.6) is 5.75 Å². The molecule has 1 amide bonds. The van der Waals surface area contributed by atoms with Crippen LogP contribution in [0.2, 0.25) is 0 Å². The van der Waals surface area contributed by atoms with Crippen LogP contribution in [0.25, 0.3) is 0 Å². The first-order valence-corrected chi connectivity index (χ1v) is 10.3. The van der Waals surface area contributed by atoms with E-state index >= 15 is 0 Å². The van der Waals surface area contributed by atoms with Crippen molar-refractivity contribution in [1.29, 1.82) is 0 Å². The Kier molecular flexibility index (Phi) is 7.08. The van der Waals surface area contributed by atoms with Gasteiger partial charge in [0.15, 0.2) is 5.16 Å². The first-order chi connectivity index (χ1) is 14.0. The second-order valence-electron chi connectivity index (χ2n) is 6.43. The monoisotopic (exact) mass is 409 g/mol. The van der Waals surface area contributed by atoms with Gasteiger partial charge in [-0.3, -0.25) is 9.59 Å². The first-order valence-electron chi connectivity index (χ1n) is 9.34. The first kappa shape index (κ1) is 20.7. The average Bonchev–Trinajstić information content (AvgIpc) is 2.74. The maximum absolute atomic E-state index is 12.2. The molecule has 3 rings (SSSR count). The van der Waals surface area contributed by atoms with Gasteiger partial charge in [-0.15, -0.1) is 0 Å². The molecule has 0 aliphatic heterocycles. The minimum Gasteiger partial charge on any atom is -0.489 e. The molecule has 6 nitrogen and oxygen atoms in total. The molecule has 0 atom stereocenters. The molecule has 0 unspecified atom stereocenters. The molecule has 29 heavy (non-hydrogen) atoms. The minimum atomic E-state index is -0.172. The van der Waals surface area contributed by atoms with Crippen molar-refractivity contribution in [1.82, 2.24) is 9.97 Å². The Morgan fingerprint density at radius 2 is 1.86 bits per heavy atom. The van der Waals surface area contributed by atoms with Gasteiger partial charge in [0.2, 0.25) is 5.91 Å². The van der Waals surface area contributed by atoms with Gasteiger partial charge in [-0.25, -0.2) is 4.98 Å². The third kappa shape index (κ3) is 5.96. The number of anilines is 1. The highest BCUT2D eigenvalue weighted by Gasteiger charge is 2.09. The zero-order valence-electron chi connectivity index (χ0n) is 16.4. The van der Waals surface area contributed by atoms with Gasteiger partial charge in [-0.2, -0.15) is 0 Å².